The van der Waals surface area contributed by atoms with Crippen LogP contribution in [0.5, 0.6) is 0 Å². The third kappa shape index (κ3) is 3.60. The summed E-state index contributed by atoms with van der Waals surface area (Å²) in [5.41, 5.74) is 4.14. The minimum absolute atomic E-state index is 0.173. The second-order valence-electron chi connectivity index (χ2n) is 6.67. The molecular formula is C23H16N4OS2. The van der Waals surface area contributed by atoms with Gasteiger partial charge in [0.2, 0.25) is 0 Å². The van der Waals surface area contributed by atoms with Gasteiger partial charge in [0.25, 0.3) is 5.91 Å². The van der Waals surface area contributed by atoms with Crippen LogP contribution in [0.15, 0.2) is 72.9 Å². The number of benzene rings is 2. The van der Waals surface area contributed by atoms with Crippen LogP contribution in [0.2, 0.25) is 0 Å². The normalized spacial score (nSPS) is 11.0. The third-order valence-electron chi connectivity index (χ3n) is 4.55. The second-order valence-corrected chi connectivity index (χ2v) is 8.70. The van der Waals surface area contributed by atoms with Crippen LogP contribution in [0.4, 0.5) is 5.69 Å². The van der Waals surface area contributed by atoms with Gasteiger partial charge in [0, 0.05) is 17.4 Å². The summed E-state index contributed by atoms with van der Waals surface area (Å²) in [5.74, 6) is -0.173. The van der Waals surface area contributed by atoms with Crippen molar-refractivity contribution in [1.29, 1.82) is 0 Å². The van der Waals surface area contributed by atoms with Crippen molar-refractivity contribution in [2.75, 3.05) is 5.32 Å². The molecule has 0 atom stereocenters. The first-order valence-electron chi connectivity index (χ1n) is 9.33. The molecule has 1 N–H and O–H groups in total. The standard InChI is InChI=1S/C23H16N4OS2/c1-14-20(30-23(25-14)18-10-4-5-12-24-18)21(28)26-16-8-6-7-15(13-16)22-27-17-9-2-3-11-19(17)29-22/h2-13H,1H3,(H,26,28). The lowest BCUT2D eigenvalue weighted by molar-refractivity contribution is 0.103. The number of carbonyl (C=O) groups excluding carboxylic acids is 1. The van der Waals surface area contributed by atoms with E-state index >= 15 is 0 Å². The number of para-hydroxylation sites is 1. The summed E-state index contributed by atoms with van der Waals surface area (Å²) in [4.78, 5) is 27.0. The fraction of sp³-hybridized carbons (Fsp3) is 0.0435. The van der Waals surface area contributed by atoms with E-state index in [2.05, 4.69) is 21.4 Å². The largest absolute Gasteiger partial charge is 0.321 e. The number of amides is 1. The van der Waals surface area contributed by atoms with Crippen LogP contribution in [0.1, 0.15) is 15.4 Å². The topological polar surface area (TPSA) is 67.8 Å². The molecule has 5 rings (SSSR count). The van der Waals surface area contributed by atoms with Gasteiger partial charge < -0.3 is 5.32 Å². The molecule has 1 amide bonds. The highest BCUT2D eigenvalue weighted by molar-refractivity contribution is 7.21. The van der Waals surface area contributed by atoms with Gasteiger partial charge in [0.1, 0.15) is 14.9 Å². The van der Waals surface area contributed by atoms with Gasteiger partial charge in [-0.1, -0.05) is 30.3 Å². The molecule has 7 heteroatoms. The minimum atomic E-state index is -0.173. The van der Waals surface area contributed by atoms with Crippen molar-refractivity contribution in [3.63, 3.8) is 0 Å². The molecule has 5 aromatic rings. The van der Waals surface area contributed by atoms with E-state index in [-0.39, 0.29) is 5.91 Å². The molecule has 3 aromatic heterocycles. The highest BCUT2D eigenvalue weighted by Crippen LogP contribution is 2.32. The molecule has 0 saturated carbocycles. The van der Waals surface area contributed by atoms with Gasteiger partial charge in [-0.2, -0.15) is 0 Å². The maximum absolute atomic E-state index is 12.9. The van der Waals surface area contributed by atoms with Gasteiger partial charge in [-0.05, 0) is 43.3 Å². The van der Waals surface area contributed by atoms with Crippen molar-refractivity contribution < 1.29 is 4.79 Å². The van der Waals surface area contributed by atoms with E-state index in [4.69, 9.17) is 4.98 Å². The van der Waals surface area contributed by atoms with E-state index in [0.717, 1.165) is 37.2 Å². The van der Waals surface area contributed by atoms with Gasteiger partial charge in [0.05, 0.1) is 21.6 Å². The van der Waals surface area contributed by atoms with Crippen LogP contribution in [0, 0.1) is 6.92 Å². The van der Waals surface area contributed by atoms with Crippen molar-refractivity contribution in [2.45, 2.75) is 6.92 Å². The zero-order chi connectivity index (χ0) is 20.5. The Bertz CT molecular complexity index is 1330. The summed E-state index contributed by atoms with van der Waals surface area (Å²) in [7, 11) is 0. The first-order valence-corrected chi connectivity index (χ1v) is 11.0. The number of carbonyl (C=O) groups is 1. The lowest BCUT2D eigenvalue weighted by atomic mass is 10.2. The zero-order valence-electron chi connectivity index (χ0n) is 16.0. The number of aryl methyl sites for hydroxylation is 1. The Morgan fingerprint density at radius 3 is 2.60 bits per heavy atom. The van der Waals surface area contributed by atoms with Gasteiger partial charge in [-0.25, -0.2) is 9.97 Å². The SMILES string of the molecule is Cc1nc(-c2ccccn2)sc1C(=O)Nc1cccc(-c2nc3ccccc3s2)c1. The number of anilines is 1. The van der Waals surface area contributed by atoms with Crippen molar-refractivity contribution in [2.24, 2.45) is 0 Å². The lowest BCUT2D eigenvalue weighted by Crippen LogP contribution is -2.11. The average molecular weight is 429 g/mol. The summed E-state index contributed by atoms with van der Waals surface area (Å²) in [5, 5.41) is 4.66. The second kappa shape index (κ2) is 7.78. The lowest BCUT2D eigenvalue weighted by Gasteiger charge is -2.05. The maximum atomic E-state index is 12.9. The zero-order valence-corrected chi connectivity index (χ0v) is 17.6. The van der Waals surface area contributed by atoms with Crippen LogP contribution in [-0.2, 0) is 0 Å². The summed E-state index contributed by atoms with van der Waals surface area (Å²) in [6.07, 6.45) is 1.72. The third-order valence-corrected chi connectivity index (χ3v) is 6.81. The molecule has 5 nitrogen and oxygen atoms in total. The summed E-state index contributed by atoms with van der Waals surface area (Å²) >= 11 is 2.99. The smallest absolute Gasteiger partial charge is 0.267 e. The molecule has 0 unspecified atom stereocenters. The van der Waals surface area contributed by atoms with E-state index in [0.29, 0.717) is 10.6 Å². The van der Waals surface area contributed by atoms with E-state index < -0.39 is 0 Å². The van der Waals surface area contributed by atoms with Gasteiger partial charge in [0.15, 0.2) is 0 Å². The van der Waals surface area contributed by atoms with E-state index in [9.17, 15) is 4.79 Å². The van der Waals surface area contributed by atoms with Crippen molar-refractivity contribution in [1.82, 2.24) is 15.0 Å². The Morgan fingerprint density at radius 2 is 1.77 bits per heavy atom. The van der Waals surface area contributed by atoms with Crippen LogP contribution >= 0.6 is 22.7 Å². The molecule has 0 aliphatic carbocycles. The molecule has 0 radical (unpaired) electrons. The molecule has 0 saturated heterocycles. The molecular weight excluding hydrogens is 412 g/mol. The number of hydrogen-bond donors (Lipinski definition) is 1. The number of rotatable bonds is 4. The predicted octanol–water partition coefficient (Wildman–Crippen LogP) is 6.04. The molecule has 0 aliphatic heterocycles. The number of aromatic nitrogens is 3. The first kappa shape index (κ1) is 18.6. The van der Waals surface area contributed by atoms with Crippen LogP contribution in [0.25, 0.3) is 31.5 Å². The number of nitrogens with zero attached hydrogens (tertiary/aromatic N) is 3. The number of fused-ring (bicyclic) bond motifs is 1. The minimum Gasteiger partial charge on any atom is -0.321 e. The fourth-order valence-electron chi connectivity index (χ4n) is 3.12. The maximum Gasteiger partial charge on any atom is 0.267 e. The molecule has 2 aromatic carbocycles. The Balaban J connectivity index is 1.40. The summed E-state index contributed by atoms with van der Waals surface area (Å²) in [6.45, 7) is 1.84. The molecule has 0 aliphatic rings. The van der Waals surface area contributed by atoms with Gasteiger partial charge >= 0.3 is 0 Å². The molecule has 3 heterocycles. The molecule has 0 bridgehead atoms. The number of pyridine rings is 1. The Labute approximate surface area is 181 Å². The first-order chi connectivity index (χ1) is 14.7. The summed E-state index contributed by atoms with van der Waals surface area (Å²) in [6, 6.07) is 21.5. The Hall–Kier alpha value is -3.42. The Morgan fingerprint density at radius 1 is 0.900 bits per heavy atom. The van der Waals surface area contributed by atoms with Crippen LogP contribution in [0.3, 0.4) is 0 Å². The molecule has 30 heavy (non-hydrogen) atoms. The average Bonchev–Trinajstić information content (AvgIpc) is 3.38. The number of nitrogens with one attached hydrogen (secondary N) is 1. The van der Waals surface area contributed by atoms with Crippen molar-refractivity contribution in [3.05, 3.63) is 83.5 Å². The highest BCUT2D eigenvalue weighted by atomic mass is 32.1. The van der Waals surface area contributed by atoms with E-state index in [1.54, 1.807) is 17.5 Å². The molecule has 0 fully saturated rings. The van der Waals surface area contributed by atoms with E-state index in [1.165, 1.54) is 11.3 Å². The molecule has 146 valence electrons. The fourth-order valence-corrected chi connectivity index (χ4v) is 5.02. The summed E-state index contributed by atoms with van der Waals surface area (Å²) < 4.78 is 1.14. The monoisotopic (exact) mass is 428 g/mol. The number of thiazole rings is 2. The quantitative estimate of drug-likeness (QED) is 0.379. The highest BCUT2D eigenvalue weighted by Gasteiger charge is 2.17. The number of hydrogen-bond acceptors (Lipinski definition) is 6. The van der Waals surface area contributed by atoms with Crippen molar-refractivity contribution >= 4 is 44.5 Å². The molecule has 0 spiro atoms. The van der Waals surface area contributed by atoms with Crippen molar-refractivity contribution in [3.8, 4) is 21.3 Å². The van der Waals surface area contributed by atoms with E-state index in [1.807, 2.05) is 67.6 Å². The van der Waals surface area contributed by atoms with Gasteiger partial charge in [-0.15, -0.1) is 22.7 Å². The van der Waals surface area contributed by atoms with Gasteiger partial charge in [-0.3, -0.25) is 9.78 Å². The predicted molar refractivity (Wildman–Crippen MR) is 123 cm³/mol. The Kier molecular flexibility index (Phi) is 4.82. The van der Waals surface area contributed by atoms with Crippen LogP contribution in [-0.4, -0.2) is 20.9 Å². The van der Waals surface area contributed by atoms with Crippen LogP contribution < -0.4 is 5.32 Å².